The summed E-state index contributed by atoms with van der Waals surface area (Å²) in [5.74, 6) is -0.153. The number of phenols is 2. The Kier molecular flexibility index (Phi) is 5.91. The first-order chi connectivity index (χ1) is 14.2. The summed E-state index contributed by atoms with van der Waals surface area (Å²) in [5, 5.41) is 31.9. The van der Waals surface area contributed by atoms with Gasteiger partial charge in [0.05, 0.1) is 17.4 Å². The minimum absolute atomic E-state index is 0.00362. The lowest BCUT2D eigenvalue weighted by molar-refractivity contribution is 0.0988. The molecule has 2 aromatic heterocycles. The third-order valence-electron chi connectivity index (χ3n) is 4.90. The molecule has 0 fully saturated rings. The van der Waals surface area contributed by atoms with Gasteiger partial charge in [-0.25, -0.2) is 4.98 Å². The van der Waals surface area contributed by atoms with Gasteiger partial charge in [-0.1, -0.05) is 20.8 Å². The second-order valence-corrected chi connectivity index (χ2v) is 7.49. The number of nitrogens with one attached hydrogen (secondary N) is 1. The molecule has 2 heterocycles. The summed E-state index contributed by atoms with van der Waals surface area (Å²) >= 11 is 0. The van der Waals surface area contributed by atoms with Crippen LogP contribution in [0.3, 0.4) is 0 Å². The lowest BCUT2D eigenvalue weighted by Crippen LogP contribution is -2.18. The van der Waals surface area contributed by atoms with Crippen LogP contribution in [0.5, 0.6) is 11.5 Å². The van der Waals surface area contributed by atoms with Crippen LogP contribution in [-0.2, 0) is 0 Å². The second-order valence-electron chi connectivity index (χ2n) is 7.49. The average molecular weight is 410 g/mol. The fraction of sp³-hybridized carbons (Fsp3) is 0.333. The number of phenolic OH excluding ortho intramolecular Hbond substituents is 2. The molecule has 1 unspecified atom stereocenters. The van der Waals surface area contributed by atoms with Crippen LogP contribution in [0.25, 0.3) is 17.1 Å². The van der Waals surface area contributed by atoms with E-state index in [1.807, 2.05) is 13.8 Å². The third-order valence-corrected chi connectivity index (χ3v) is 4.90. The fourth-order valence-corrected chi connectivity index (χ4v) is 3.06. The predicted molar refractivity (Wildman–Crippen MR) is 114 cm³/mol. The number of primary amides is 1. The predicted octanol–water partition coefficient (Wildman–Crippen LogP) is 3.17. The summed E-state index contributed by atoms with van der Waals surface area (Å²) in [5.41, 5.74) is 6.96. The number of aromatic hydroxyl groups is 2. The molecule has 0 aliphatic rings. The molecular formula is C21H26N6O3. The standard InChI is InChI=1S/C21H26N6O3/c1-5-12(4)24-18-7-6-13(10-23-18)27-20(25-26-21(27)19(22)30)15-8-14(11(2)3)16(28)9-17(15)29/h6-12,28-29H,5H2,1-4H3,(H2,22,30)(H,23,24). The van der Waals surface area contributed by atoms with Gasteiger partial charge in [0.2, 0.25) is 5.82 Å². The molecule has 1 aromatic carbocycles. The van der Waals surface area contributed by atoms with Crippen molar-refractivity contribution in [2.75, 3.05) is 5.32 Å². The maximum Gasteiger partial charge on any atom is 0.287 e. The van der Waals surface area contributed by atoms with E-state index >= 15 is 0 Å². The number of nitrogens with zero attached hydrogens (tertiary/aromatic N) is 4. The highest BCUT2D eigenvalue weighted by Gasteiger charge is 2.23. The molecule has 9 heteroatoms. The van der Waals surface area contributed by atoms with Gasteiger partial charge in [-0.2, -0.15) is 0 Å². The van der Waals surface area contributed by atoms with Crippen molar-refractivity contribution >= 4 is 11.7 Å². The summed E-state index contributed by atoms with van der Waals surface area (Å²) < 4.78 is 1.44. The zero-order chi connectivity index (χ0) is 22.0. The Hall–Kier alpha value is -3.62. The summed E-state index contributed by atoms with van der Waals surface area (Å²) in [6.07, 6.45) is 2.52. The lowest BCUT2D eigenvalue weighted by atomic mass is 9.98. The Balaban J connectivity index is 2.14. The number of benzene rings is 1. The van der Waals surface area contributed by atoms with Crippen molar-refractivity contribution in [2.45, 2.75) is 46.1 Å². The normalized spacial score (nSPS) is 12.2. The zero-order valence-corrected chi connectivity index (χ0v) is 17.4. The molecule has 0 aliphatic carbocycles. The quantitative estimate of drug-likeness (QED) is 0.469. The highest BCUT2D eigenvalue weighted by molar-refractivity contribution is 5.90. The number of rotatable bonds is 7. The van der Waals surface area contributed by atoms with Crippen molar-refractivity contribution in [3.63, 3.8) is 0 Å². The van der Waals surface area contributed by atoms with Crippen LogP contribution in [0.1, 0.15) is 56.2 Å². The van der Waals surface area contributed by atoms with Crippen molar-refractivity contribution in [2.24, 2.45) is 5.73 Å². The Bertz CT molecular complexity index is 1060. The van der Waals surface area contributed by atoms with E-state index in [9.17, 15) is 15.0 Å². The summed E-state index contributed by atoms with van der Waals surface area (Å²) in [7, 11) is 0. The Morgan fingerprint density at radius 2 is 1.90 bits per heavy atom. The van der Waals surface area contributed by atoms with Gasteiger partial charge in [-0.3, -0.25) is 9.36 Å². The van der Waals surface area contributed by atoms with Crippen molar-refractivity contribution in [1.29, 1.82) is 0 Å². The van der Waals surface area contributed by atoms with Crippen molar-refractivity contribution in [1.82, 2.24) is 19.7 Å². The van der Waals surface area contributed by atoms with Crippen LogP contribution in [0.15, 0.2) is 30.5 Å². The molecule has 5 N–H and O–H groups in total. The number of anilines is 1. The van der Waals surface area contributed by atoms with Gasteiger partial charge >= 0.3 is 0 Å². The lowest BCUT2D eigenvalue weighted by Gasteiger charge is -2.15. The van der Waals surface area contributed by atoms with Crippen molar-refractivity contribution in [3.8, 4) is 28.6 Å². The number of carbonyl (C=O) groups excluding carboxylic acids is 1. The van der Waals surface area contributed by atoms with Crippen LogP contribution >= 0.6 is 0 Å². The average Bonchev–Trinajstić information content (AvgIpc) is 3.13. The van der Waals surface area contributed by atoms with Gasteiger partial charge in [-0.15, -0.1) is 10.2 Å². The summed E-state index contributed by atoms with van der Waals surface area (Å²) in [4.78, 5) is 16.4. The number of nitrogens with two attached hydrogens (primary N) is 1. The molecule has 0 spiro atoms. The first kappa shape index (κ1) is 21.1. The summed E-state index contributed by atoms with van der Waals surface area (Å²) in [6, 6.07) is 6.69. The van der Waals surface area contributed by atoms with E-state index in [0.717, 1.165) is 6.42 Å². The molecule has 158 valence electrons. The number of amides is 1. The van der Waals surface area contributed by atoms with Crippen molar-refractivity contribution < 1.29 is 15.0 Å². The molecule has 30 heavy (non-hydrogen) atoms. The van der Waals surface area contributed by atoms with E-state index in [0.29, 0.717) is 22.6 Å². The fourth-order valence-electron chi connectivity index (χ4n) is 3.06. The maximum absolute atomic E-state index is 12.0. The molecule has 0 bridgehead atoms. The van der Waals surface area contributed by atoms with Gasteiger partial charge in [0.25, 0.3) is 5.91 Å². The van der Waals surface area contributed by atoms with Gasteiger partial charge in [0, 0.05) is 12.1 Å². The van der Waals surface area contributed by atoms with E-state index in [4.69, 9.17) is 5.73 Å². The van der Waals surface area contributed by atoms with Crippen molar-refractivity contribution in [3.05, 3.63) is 41.9 Å². The number of hydrogen-bond donors (Lipinski definition) is 4. The van der Waals surface area contributed by atoms with Crippen LogP contribution in [0.2, 0.25) is 0 Å². The van der Waals surface area contributed by atoms with Gasteiger partial charge in [0.1, 0.15) is 17.3 Å². The molecule has 9 nitrogen and oxygen atoms in total. The van der Waals surface area contributed by atoms with E-state index in [2.05, 4.69) is 34.3 Å². The monoisotopic (exact) mass is 410 g/mol. The minimum Gasteiger partial charge on any atom is -0.508 e. The first-order valence-electron chi connectivity index (χ1n) is 9.77. The van der Waals surface area contributed by atoms with Crippen LogP contribution < -0.4 is 11.1 Å². The van der Waals surface area contributed by atoms with E-state index in [1.54, 1.807) is 24.4 Å². The van der Waals surface area contributed by atoms with E-state index < -0.39 is 5.91 Å². The third kappa shape index (κ3) is 4.05. The molecule has 1 atom stereocenters. The van der Waals surface area contributed by atoms with Crippen LogP contribution in [0, 0.1) is 0 Å². The molecule has 0 saturated carbocycles. The molecule has 0 saturated heterocycles. The zero-order valence-electron chi connectivity index (χ0n) is 17.4. The van der Waals surface area contributed by atoms with Crippen LogP contribution in [-0.4, -0.2) is 41.9 Å². The Morgan fingerprint density at radius 1 is 1.17 bits per heavy atom. The Labute approximate surface area is 174 Å². The largest absolute Gasteiger partial charge is 0.508 e. The Morgan fingerprint density at radius 3 is 2.47 bits per heavy atom. The van der Waals surface area contributed by atoms with Gasteiger partial charge in [0.15, 0.2) is 5.82 Å². The minimum atomic E-state index is -0.766. The maximum atomic E-state index is 12.0. The molecule has 1 amide bonds. The summed E-state index contributed by atoms with van der Waals surface area (Å²) in [6.45, 7) is 7.97. The number of aromatic nitrogens is 4. The smallest absolute Gasteiger partial charge is 0.287 e. The first-order valence-corrected chi connectivity index (χ1v) is 9.77. The van der Waals surface area contributed by atoms with Gasteiger partial charge in [-0.05, 0) is 43.0 Å². The highest BCUT2D eigenvalue weighted by atomic mass is 16.3. The van der Waals surface area contributed by atoms with Crippen LogP contribution in [0.4, 0.5) is 5.82 Å². The molecule has 3 rings (SSSR count). The molecule has 0 radical (unpaired) electrons. The second kappa shape index (κ2) is 8.40. The van der Waals surface area contributed by atoms with E-state index in [-0.39, 0.29) is 35.1 Å². The topological polar surface area (TPSA) is 139 Å². The highest BCUT2D eigenvalue weighted by Crippen LogP contribution is 2.38. The molecule has 0 aliphatic heterocycles. The number of hydrogen-bond acceptors (Lipinski definition) is 7. The number of carbonyl (C=O) groups is 1. The number of pyridine rings is 1. The molecule has 3 aromatic rings. The van der Waals surface area contributed by atoms with Gasteiger partial charge < -0.3 is 21.3 Å². The van der Waals surface area contributed by atoms with E-state index in [1.165, 1.54) is 10.6 Å². The molecular weight excluding hydrogens is 384 g/mol. The SMILES string of the molecule is CCC(C)Nc1ccc(-n2c(C(N)=O)nnc2-c2cc(C(C)C)c(O)cc2O)cn1.